The molecular weight excluding hydrogens is 366 g/mol. The van der Waals surface area contributed by atoms with Crippen LogP contribution in [0.3, 0.4) is 0 Å². The average Bonchev–Trinajstić information content (AvgIpc) is 3.37. The van der Waals surface area contributed by atoms with Gasteiger partial charge in [-0.1, -0.05) is 6.07 Å². The van der Waals surface area contributed by atoms with Crippen molar-refractivity contribution < 1.29 is 5.11 Å². The second-order valence-corrected chi connectivity index (χ2v) is 8.59. The van der Waals surface area contributed by atoms with E-state index in [1.54, 1.807) is 6.20 Å². The number of H-pyrrole nitrogens is 1. The first-order valence-corrected chi connectivity index (χ1v) is 10.0. The molecular formula is C22H23N5O2. The molecule has 0 radical (unpaired) electrons. The predicted molar refractivity (Wildman–Crippen MR) is 110 cm³/mol. The zero-order chi connectivity index (χ0) is 20.2. The monoisotopic (exact) mass is 389 g/mol. The number of benzene rings is 1. The number of aliphatic hydroxyl groups is 1. The standard InChI is InChI=1S/C22H23N5O2/c1-22(29)11-14-4-5-16(10-15(14)12-22)25-20-19-18(7-9-24-21(19)28)27(26-20)17(6-8-23)13-2-3-13/h4-5,7,9-10,13,17,29H,2-3,6,11-12H2,1H3,(H,24,28)(H,25,26)/t17-,22+/m0/s1. The Balaban J connectivity index is 1.56. The van der Waals surface area contributed by atoms with E-state index >= 15 is 0 Å². The van der Waals surface area contributed by atoms with Crippen molar-refractivity contribution in [3.8, 4) is 6.07 Å². The summed E-state index contributed by atoms with van der Waals surface area (Å²) in [5.74, 6) is 0.933. The molecule has 0 bridgehead atoms. The highest BCUT2D eigenvalue weighted by molar-refractivity contribution is 5.91. The molecule has 148 valence electrons. The largest absolute Gasteiger partial charge is 0.389 e. The minimum absolute atomic E-state index is 0.0185. The van der Waals surface area contributed by atoms with Crippen LogP contribution >= 0.6 is 0 Å². The van der Waals surface area contributed by atoms with Gasteiger partial charge in [0.15, 0.2) is 5.82 Å². The Labute approximate surface area is 168 Å². The molecule has 1 fully saturated rings. The number of fused-ring (bicyclic) bond motifs is 2. The fourth-order valence-corrected chi connectivity index (χ4v) is 4.53. The molecule has 0 saturated heterocycles. The van der Waals surface area contributed by atoms with Gasteiger partial charge in [-0.3, -0.25) is 9.48 Å². The first kappa shape index (κ1) is 18.0. The van der Waals surface area contributed by atoms with E-state index in [2.05, 4.69) is 16.4 Å². The van der Waals surface area contributed by atoms with E-state index in [0.717, 1.165) is 35.2 Å². The van der Waals surface area contributed by atoms with E-state index in [1.807, 2.05) is 35.9 Å². The second-order valence-electron chi connectivity index (χ2n) is 8.59. The second kappa shape index (κ2) is 6.46. The third-order valence-electron chi connectivity index (χ3n) is 6.02. The van der Waals surface area contributed by atoms with Gasteiger partial charge in [-0.2, -0.15) is 10.4 Å². The molecule has 0 aliphatic heterocycles. The fourth-order valence-electron chi connectivity index (χ4n) is 4.53. The molecule has 3 aromatic rings. The van der Waals surface area contributed by atoms with Gasteiger partial charge >= 0.3 is 0 Å². The topological polar surface area (TPSA) is 107 Å². The van der Waals surface area contributed by atoms with Crippen LogP contribution in [0.4, 0.5) is 11.5 Å². The number of nitrogens with one attached hydrogen (secondary N) is 2. The highest BCUT2D eigenvalue weighted by Gasteiger charge is 2.35. The van der Waals surface area contributed by atoms with Crippen molar-refractivity contribution in [3.05, 3.63) is 51.9 Å². The summed E-state index contributed by atoms with van der Waals surface area (Å²) in [6.07, 6.45) is 5.44. The molecule has 0 spiro atoms. The van der Waals surface area contributed by atoms with Crippen LogP contribution in [0.5, 0.6) is 0 Å². The Hall–Kier alpha value is -3.11. The van der Waals surface area contributed by atoms with Crippen LogP contribution in [0.1, 0.15) is 43.4 Å². The molecule has 1 aromatic carbocycles. The van der Waals surface area contributed by atoms with Crippen molar-refractivity contribution in [1.29, 1.82) is 5.26 Å². The molecule has 1 saturated carbocycles. The van der Waals surface area contributed by atoms with E-state index in [1.165, 1.54) is 0 Å². The summed E-state index contributed by atoms with van der Waals surface area (Å²) in [6.45, 7) is 1.85. The molecule has 2 aliphatic rings. The van der Waals surface area contributed by atoms with Crippen molar-refractivity contribution in [3.63, 3.8) is 0 Å². The van der Waals surface area contributed by atoms with Crippen LogP contribution in [0.25, 0.3) is 10.9 Å². The van der Waals surface area contributed by atoms with Crippen LogP contribution in [0.2, 0.25) is 0 Å². The molecule has 7 heteroatoms. The van der Waals surface area contributed by atoms with E-state index in [-0.39, 0.29) is 11.6 Å². The molecule has 2 aromatic heterocycles. The molecule has 29 heavy (non-hydrogen) atoms. The lowest BCUT2D eigenvalue weighted by Crippen LogP contribution is -2.23. The van der Waals surface area contributed by atoms with Crippen LogP contribution in [0, 0.1) is 17.2 Å². The molecule has 2 heterocycles. The lowest BCUT2D eigenvalue weighted by atomic mass is 10.0. The van der Waals surface area contributed by atoms with Gasteiger partial charge < -0.3 is 15.4 Å². The average molecular weight is 389 g/mol. The number of hydrogen-bond acceptors (Lipinski definition) is 5. The fraction of sp³-hybridized carbons (Fsp3) is 0.409. The Bertz CT molecular complexity index is 1200. The number of rotatable bonds is 5. The number of nitriles is 1. The predicted octanol–water partition coefficient (Wildman–Crippen LogP) is 3.18. The highest BCUT2D eigenvalue weighted by Crippen LogP contribution is 2.43. The van der Waals surface area contributed by atoms with E-state index in [9.17, 15) is 15.2 Å². The summed E-state index contributed by atoms with van der Waals surface area (Å²) in [5, 5.41) is 28.2. The lowest BCUT2D eigenvalue weighted by molar-refractivity contribution is 0.0719. The van der Waals surface area contributed by atoms with Crippen LogP contribution in [0.15, 0.2) is 35.3 Å². The van der Waals surface area contributed by atoms with Gasteiger partial charge in [0.2, 0.25) is 0 Å². The van der Waals surface area contributed by atoms with Crippen LogP contribution in [-0.4, -0.2) is 25.5 Å². The Morgan fingerprint density at radius 2 is 2.17 bits per heavy atom. The minimum atomic E-state index is -0.707. The summed E-state index contributed by atoms with van der Waals surface area (Å²) >= 11 is 0. The zero-order valence-electron chi connectivity index (χ0n) is 16.3. The number of nitrogens with zero attached hydrogens (tertiary/aromatic N) is 3. The maximum Gasteiger partial charge on any atom is 0.261 e. The van der Waals surface area contributed by atoms with Crippen molar-refractivity contribution in [2.24, 2.45) is 5.92 Å². The van der Waals surface area contributed by atoms with Gasteiger partial charge in [-0.25, -0.2) is 0 Å². The maximum absolute atomic E-state index is 12.6. The zero-order valence-corrected chi connectivity index (χ0v) is 16.3. The van der Waals surface area contributed by atoms with E-state index < -0.39 is 5.60 Å². The van der Waals surface area contributed by atoms with Gasteiger partial charge in [0, 0.05) is 24.7 Å². The molecule has 2 atom stereocenters. The SMILES string of the molecule is C[C@@]1(O)Cc2ccc(Nc3nn([C@@H](CC#N)C4CC4)c4cc[nH]c(=O)c34)cc2C1. The van der Waals surface area contributed by atoms with Crippen LogP contribution < -0.4 is 10.9 Å². The third-order valence-corrected chi connectivity index (χ3v) is 6.02. The first-order chi connectivity index (χ1) is 13.9. The highest BCUT2D eigenvalue weighted by atomic mass is 16.3. The molecule has 0 unspecified atom stereocenters. The van der Waals surface area contributed by atoms with Crippen LogP contribution in [-0.2, 0) is 12.8 Å². The Morgan fingerprint density at radius 3 is 2.93 bits per heavy atom. The number of anilines is 2. The number of aromatic amines is 1. The van der Waals surface area contributed by atoms with Crippen molar-refractivity contribution >= 4 is 22.4 Å². The smallest absolute Gasteiger partial charge is 0.261 e. The van der Waals surface area contributed by atoms with Crippen molar-refractivity contribution in [1.82, 2.24) is 14.8 Å². The Morgan fingerprint density at radius 1 is 1.38 bits per heavy atom. The Kier molecular flexibility index (Phi) is 4.00. The molecule has 0 amide bonds. The molecule has 3 N–H and O–H groups in total. The van der Waals surface area contributed by atoms with Gasteiger partial charge in [0.05, 0.1) is 29.6 Å². The van der Waals surface area contributed by atoms with Crippen molar-refractivity contribution in [2.45, 2.75) is 50.7 Å². The third kappa shape index (κ3) is 3.19. The van der Waals surface area contributed by atoms with E-state index in [4.69, 9.17) is 5.10 Å². The van der Waals surface area contributed by atoms with Gasteiger partial charge in [0.1, 0.15) is 5.39 Å². The summed E-state index contributed by atoms with van der Waals surface area (Å²) in [6, 6.07) is 10.1. The first-order valence-electron chi connectivity index (χ1n) is 10.0. The van der Waals surface area contributed by atoms with Gasteiger partial charge in [0.25, 0.3) is 5.56 Å². The molecule has 5 rings (SSSR count). The minimum Gasteiger partial charge on any atom is -0.389 e. The molecule has 7 nitrogen and oxygen atoms in total. The normalized spacial score (nSPS) is 21.7. The number of pyridine rings is 1. The summed E-state index contributed by atoms with van der Waals surface area (Å²) < 4.78 is 1.85. The molecule has 2 aliphatic carbocycles. The maximum atomic E-state index is 12.6. The van der Waals surface area contributed by atoms with Crippen molar-refractivity contribution in [2.75, 3.05) is 5.32 Å². The summed E-state index contributed by atoms with van der Waals surface area (Å²) in [7, 11) is 0. The summed E-state index contributed by atoms with van der Waals surface area (Å²) in [4.78, 5) is 15.3. The lowest BCUT2D eigenvalue weighted by Gasteiger charge is -2.14. The quantitative estimate of drug-likeness (QED) is 0.621. The number of aromatic nitrogens is 3. The van der Waals surface area contributed by atoms with Gasteiger partial charge in [-0.15, -0.1) is 0 Å². The summed E-state index contributed by atoms with van der Waals surface area (Å²) in [5.41, 5.74) is 2.93. The van der Waals surface area contributed by atoms with Gasteiger partial charge in [-0.05, 0) is 55.0 Å². The van der Waals surface area contributed by atoms with E-state index in [0.29, 0.717) is 36.4 Å². The number of hydrogen-bond donors (Lipinski definition) is 3.